The monoisotopic (exact) mass is 698 g/mol. The van der Waals surface area contributed by atoms with Crippen molar-refractivity contribution < 1.29 is 0 Å². The zero-order valence-corrected chi connectivity index (χ0v) is 30.0. The summed E-state index contributed by atoms with van der Waals surface area (Å²) >= 11 is 0. The lowest BCUT2D eigenvalue weighted by molar-refractivity contribution is 1.02. The van der Waals surface area contributed by atoms with Crippen LogP contribution >= 0.6 is 0 Å². The molecule has 2 heteroatoms. The summed E-state index contributed by atoms with van der Waals surface area (Å²) in [5.74, 6) is 0.232. The van der Waals surface area contributed by atoms with Gasteiger partial charge in [0.25, 0.3) is 0 Å². The average molecular weight is 699 g/mol. The zero-order chi connectivity index (χ0) is 36.0. The van der Waals surface area contributed by atoms with E-state index in [1.54, 1.807) is 0 Å². The van der Waals surface area contributed by atoms with Gasteiger partial charge in [-0.05, 0) is 92.9 Å². The van der Waals surface area contributed by atoms with E-state index in [-0.39, 0.29) is 5.92 Å². The molecule has 55 heavy (non-hydrogen) atoms. The van der Waals surface area contributed by atoms with Crippen LogP contribution in [0.1, 0.15) is 22.6 Å². The van der Waals surface area contributed by atoms with Crippen molar-refractivity contribution in [2.45, 2.75) is 5.92 Å². The van der Waals surface area contributed by atoms with Crippen LogP contribution in [0.15, 0.2) is 200 Å². The van der Waals surface area contributed by atoms with E-state index in [2.05, 4.69) is 209 Å². The van der Waals surface area contributed by atoms with Crippen LogP contribution in [0.2, 0.25) is 0 Å². The normalized spacial score (nSPS) is 13.6. The van der Waals surface area contributed by atoms with Gasteiger partial charge in [0, 0.05) is 38.5 Å². The first kappa shape index (κ1) is 30.3. The number of hydrogen-bond acceptors (Lipinski definition) is 0. The molecule has 0 spiro atoms. The Bertz CT molecular complexity index is 3310. The molecule has 0 saturated carbocycles. The van der Waals surface area contributed by atoms with Crippen LogP contribution < -0.4 is 0 Å². The summed E-state index contributed by atoms with van der Waals surface area (Å²) < 4.78 is 4.97. The SMILES string of the molecule is c1ccc(C2c3ccccc3-c3cc(-c4ccc5c(c4)c4c(ccc6c7ccccc7n(-c7ccccc7)c64)n5-c4cccc5ccccc45)ccc32)cc1. The van der Waals surface area contributed by atoms with Crippen LogP contribution in [0.4, 0.5) is 0 Å². The van der Waals surface area contributed by atoms with Crippen LogP contribution in [-0.2, 0) is 0 Å². The highest BCUT2D eigenvalue weighted by Gasteiger charge is 2.30. The van der Waals surface area contributed by atoms with E-state index in [0.717, 1.165) is 5.69 Å². The summed E-state index contributed by atoms with van der Waals surface area (Å²) in [6, 6.07) is 73.9. The van der Waals surface area contributed by atoms with Crippen molar-refractivity contribution in [1.82, 2.24) is 9.13 Å². The van der Waals surface area contributed by atoms with Gasteiger partial charge in [-0.2, -0.15) is 0 Å². The van der Waals surface area contributed by atoms with E-state index in [1.165, 1.54) is 99.0 Å². The Morgan fingerprint density at radius 3 is 1.91 bits per heavy atom. The fourth-order valence-corrected chi connectivity index (χ4v) is 9.63. The summed E-state index contributed by atoms with van der Waals surface area (Å²) in [5.41, 5.74) is 16.4. The van der Waals surface area contributed by atoms with Gasteiger partial charge in [-0.3, -0.25) is 0 Å². The minimum atomic E-state index is 0.232. The highest BCUT2D eigenvalue weighted by atomic mass is 15.0. The van der Waals surface area contributed by atoms with Crippen LogP contribution in [0.3, 0.4) is 0 Å². The topological polar surface area (TPSA) is 9.86 Å². The van der Waals surface area contributed by atoms with E-state index in [4.69, 9.17) is 0 Å². The lowest BCUT2D eigenvalue weighted by Gasteiger charge is -2.14. The van der Waals surface area contributed by atoms with Crippen LogP contribution in [0.25, 0.3) is 88.0 Å². The number of hydrogen-bond donors (Lipinski definition) is 0. The lowest BCUT2D eigenvalue weighted by Crippen LogP contribution is -1.98. The molecule has 2 nitrogen and oxygen atoms in total. The number of rotatable bonds is 4. The zero-order valence-electron chi connectivity index (χ0n) is 30.0. The van der Waals surface area contributed by atoms with Crippen molar-refractivity contribution in [3.05, 3.63) is 217 Å². The second-order valence-corrected chi connectivity index (χ2v) is 14.8. The van der Waals surface area contributed by atoms with Gasteiger partial charge >= 0.3 is 0 Å². The van der Waals surface area contributed by atoms with Gasteiger partial charge in [0.15, 0.2) is 0 Å². The number of nitrogens with zero attached hydrogens (tertiary/aromatic N) is 2. The van der Waals surface area contributed by atoms with Gasteiger partial charge in [0.1, 0.15) is 0 Å². The lowest BCUT2D eigenvalue weighted by atomic mass is 9.89. The fourth-order valence-electron chi connectivity index (χ4n) is 9.63. The van der Waals surface area contributed by atoms with Crippen molar-refractivity contribution in [3.8, 4) is 33.6 Å². The standard InChI is InChI=1S/C53H34N2/c1-3-15-35(16-4-1)51-42-23-10-9-21-40(42)45-32-36(26-28-43(45)51)37-27-30-49-46(33-37)52-50(55(49)47-25-13-17-34-14-7-8-20-39(34)47)31-29-44-41-22-11-12-24-48(41)54(53(44)52)38-18-5-2-6-19-38/h1-33,51H. The van der Waals surface area contributed by atoms with Crippen molar-refractivity contribution in [1.29, 1.82) is 0 Å². The third kappa shape index (κ3) is 4.37. The molecule has 1 aliphatic rings. The molecule has 0 saturated heterocycles. The summed E-state index contributed by atoms with van der Waals surface area (Å²) in [5, 5.41) is 7.50. The predicted molar refractivity (Wildman–Crippen MR) is 231 cm³/mol. The minimum absolute atomic E-state index is 0.232. The second-order valence-electron chi connectivity index (χ2n) is 14.8. The molecule has 0 bridgehead atoms. The molecule has 12 rings (SSSR count). The maximum absolute atomic E-state index is 2.49. The number of benzene rings is 9. The van der Waals surface area contributed by atoms with Gasteiger partial charge in [-0.1, -0.05) is 152 Å². The van der Waals surface area contributed by atoms with Crippen molar-refractivity contribution in [2.75, 3.05) is 0 Å². The van der Waals surface area contributed by atoms with Gasteiger partial charge < -0.3 is 9.13 Å². The quantitative estimate of drug-likeness (QED) is 0.173. The molecule has 1 aliphatic carbocycles. The van der Waals surface area contributed by atoms with Gasteiger partial charge in [0.05, 0.1) is 27.8 Å². The maximum atomic E-state index is 2.49. The summed E-state index contributed by atoms with van der Waals surface area (Å²) in [7, 11) is 0. The summed E-state index contributed by atoms with van der Waals surface area (Å²) in [4.78, 5) is 0. The second kappa shape index (κ2) is 11.7. The molecular formula is C53H34N2. The number of fused-ring (bicyclic) bond motifs is 11. The third-order valence-corrected chi connectivity index (χ3v) is 12.0. The van der Waals surface area contributed by atoms with E-state index in [1.807, 2.05) is 0 Å². The predicted octanol–water partition coefficient (Wildman–Crippen LogP) is 13.9. The Labute approximate surface area is 318 Å². The van der Waals surface area contributed by atoms with Crippen molar-refractivity contribution in [3.63, 3.8) is 0 Å². The molecule has 2 aromatic heterocycles. The molecule has 0 amide bonds. The van der Waals surface area contributed by atoms with Crippen LogP contribution in [-0.4, -0.2) is 9.13 Å². The Hall–Kier alpha value is -7.16. The summed E-state index contributed by atoms with van der Waals surface area (Å²) in [6.45, 7) is 0. The van der Waals surface area contributed by atoms with E-state index in [9.17, 15) is 0 Å². The first-order valence-electron chi connectivity index (χ1n) is 19.1. The molecule has 1 atom stereocenters. The molecule has 0 radical (unpaired) electrons. The highest BCUT2D eigenvalue weighted by Crippen LogP contribution is 2.50. The molecule has 2 heterocycles. The Kier molecular flexibility index (Phi) is 6.43. The Morgan fingerprint density at radius 1 is 0.364 bits per heavy atom. The largest absolute Gasteiger partial charge is 0.309 e. The fraction of sp³-hybridized carbons (Fsp3) is 0.0189. The maximum Gasteiger partial charge on any atom is 0.0641 e. The van der Waals surface area contributed by atoms with E-state index >= 15 is 0 Å². The molecule has 1 unspecified atom stereocenters. The number of para-hydroxylation sites is 2. The van der Waals surface area contributed by atoms with Crippen molar-refractivity contribution in [2.24, 2.45) is 0 Å². The molecule has 256 valence electrons. The van der Waals surface area contributed by atoms with Gasteiger partial charge in [-0.15, -0.1) is 0 Å². The van der Waals surface area contributed by atoms with Crippen LogP contribution in [0, 0.1) is 0 Å². The highest BCUT2D eigenvalue weighted by molar-refractivity contribution is 6.26. The van der Waals surface area contributed by atoms with Gasteiger partial charge in [0.2, 0.25) is 0 Å². The van der Waals surface area contributed by atoms with E-state index in [0.29, 0.717) is 0 Å². The van der Waals surface area contributed by atoms with E-state index < -0.39 is 0 Å². The molecule has 9 aromatic carbocycles. The molecule has 0 N–H and O–H groups in total. The smallest absolute Gasteiger partial charge is 0.0641 e. The Balaban J connectivity index is 1.17. The third-order valence-electron chi connectivity index (χ3n) is 12.0. The molecule has 0 aliphatic heterocycles. The summed E-state index contributed by atoms with van der Waals surface area (Å²) in [6.07, 6.45) is 0. The van der Waals surface area contributed by atoms with Crippen molar-refractivity contribution >= 4 is 54.4 Å². The van der Waals surface area contributed by atoms with Crippen LogP contribution in [0.5, 0.6) is 0 Å². The first-order valence-corrected chi connectivity index (χ1v) is 19.1. The average Bonchev–Trinajstić information content (AvgIpc) is 3.89. The first-order chi connectivity index (χ1) is 27.3. The molecule has 11 aromatic rings. The Morgan fingerprint density at radius 2 is 1.02 bits per heavy atom. The number of aromatic nitrogens is 2. The minimum Gasteiger partial charge on any atom is -0.309 e. The molecule has 0 fully saturated rings. The van der Waals surface area contributed by atoms with Gasteiger partial charge in [-0.25, -0.2) is 0 Å². The molecular weight excluding hydrogens is 665 g/mol.